The van der Waals surface area contributed by atoms with Crippen molar-refractivity contribution in [1.82, 2.24) is 9.88 Å². The van der Waals surface area contributed by atoms with Crippen molar-refractivity contribution in [3.63, 3.8) is 0 Å². The highest BCUT2D eigenvalue weighted by atomic mass is 16.7. The Kier molecular flexibility index (Phi) is 8.31. The normalized spacial score (nSPS) is 13.5. The van der Waals surface area contributed by atoms with Crippen LogP contribution in [0.2, 0.25) is 0 Å². The fourth-order valence-electron chi connectivity index (χ4n) is 3.62. The number of carboxylic acid groups (broad SMARTS) is 1. The standard InChI is InChI=1S/C27H30N2O8/c1-7-16-12-20(25(31)32)19(13-22(16)35-6)18-10-11-21(24(30)29(5)17-8-9-17)28-23(18)27(34)37-15(4)36-26(33)14(2)3/h7,10-15,17H,1,8-9H2,2-6H3,(H,31,32). The summed E-state index contributed by atoms with van der Waals surface area (Å²) in [4.78, 5) is 56.1. The van der Waals surface area contributed by atoms with Crippen LogP contribution in [-0.2, 0) is 14.3 Å². The molecule has 1 amide bonds. The highest BCUT2D eigenvalue weighted by Gasteiger charge is 2.32. The molecule has 3 rings (SSSR count). The number of hydrogen-bond acceptors (Lipinski definition) is 8. The number of amides is 1. The number of hydrogen-bond donors (Lipinski definition) is 1. The predicted octanol–water partition coefficient (Wildman–Crippen LogP) is 4.03. The van der Waals surface area contributed by atoms with Gasteiger partial charge in [0.25, 0.3) is 5.91 Å². The third-order valence-electron chi connectivity index (χ3n) is 5.86. The highest BCUT2D eigenvalue weighted by molar-refractivity contribution is 6.04. The second-order valence-corrected chi connectivity index (χ2v) is 8.95. The van der Waals surface area contributed by atoms with Crippen molar-refractivity contribution in [3.05, 3.63) is 53.4 Å². The molecule has 10 nitrogen and oxygen atoms in total. The van der Waals surface area contributed by atoms with Crippen LogP contribution in [0.3, 0.4) is 0 Å². The van der Waals surface area contributed by atoms with Gasteiger partial charge in [-0.1, -0.05) is 26.5 Å². The summed E-state index contributed by atoms with van der Waals surface area (Å²) in [6.45, 7) is 8.32. The van der Waals surface area contributed by atoms with E-state index in [0.29, 0.717) is 11.3 Å². The van der Waals surface area contributed by atoms with Gasteiger partial charge in [-0.25, -0.2) is 14.6 Å². The number of carbonyl (C=O) groups excluding carboxylic acids is 3. The van der Waals surface area contributed by atoms with Gasteiger partial charge in [-0.2, -0.15) is 0 Å². The molecule has 0 saturated heterocycles. The molecule has 196 valence electrons. The van der Waals surface area contributed by atoms with E-state index in [1.54, 1.807) is 25.8 Å². The Labute approximate surface area is 214 Å². The van der Waals surface area contributed by atoms with Gasteiger partial charge in [0.15, 0.2) is 5.69 Å². The van der Waals surface area contributed by atoms with Crippen LogP contribution >= 0.6 is 0 Å². The van der Waals surface area contributed by atoms with E-state index in [1.807, 2.05) is 0 Å². The highest BCUT2D eigenvalue weighted by Crippen LogP contribution is 2.34. The molecule has 10 heteroatoms. The Morgan fingerprint density at radius 3 is 2.32 bits per heavy atom. The van der Waals surface area contributed by atoms with Crippen molar-refractivity contribution in [2.24, 2.45) is 5.92 Å². The molecule has 1 saturated carbocycles. The summed E-state index contributed by atoms with van der Waals surface area (Å²) in [7, 11) is 3.07. The minimum atomic E-state index is -1.26. The van der Waals surface area contributed by atoms with Crippen molar-refractivity contribution in [2.75, 3.05) is 14.2 Å². The number of esters is 2. The lowest BCUT2D eigenvalue weighted by Crippen LogP contribution is -2.30. The van der Waals surface area contributed by atoms with E-state index in [-0.39, 0.29) is 40.0 Å². The molecular formula is C27H30N2O8. The van der Waals surface area contributed by atoms with Crippen molar-refractivity contribution >= 4 is 29.9 Å². The van der Waals surface area contributed by atoms with Crippen molar-refractivity contribution in [3.8, 4) is 16.9 Å². The van der Waals surface area contributed by atoms with Gasteiger partial charge in [0.05, 0.1) is 18.6 Å². The summed E-state index contributed by atoms with van der Waals surface area (Å²) in [6, 6.07) is 5.79. The third kappa shape index (κ3) is 6.14. The lowest BCUT2D eigenvalue weighted by atomic mass is 9.95. The van der Waals surface area contributed by atoms with Gasteiger partial charge in [0, 0.05) is 36.7 Å². The second kappa shape index (κ2) is 11.2. The molecule has 1 aliphatic carbocycles. The average molecular weight is 511 g/mol. The number of methoxy groups -OCH3 is 1. The Morgan fingerprint density at radius 1 is 1.11 bits per heavy atom. The maximum absolute atomic E-state index is 13.3. The molecule has 0 spiro atoms. The Bertz CT molecular complexity index is 1250. The third-order valence-corrected chi connectivity index (χ3v) is 5.86. The zero-order valence-corrected chi connectivity index (χ0v) is 21.4. The summed E-state index contributed by atoms with van der Waals surface area (Å²) in [5.41, 5.74) is 0.204. The number of benzene rings is 1. The first-order valence-corrected chi connectivity index (χ1v) is 11.8. The molecule has 1 fully saturated rings. The second-order valence-electron chi connectivity index (χ2n) is 8.95. The van der Waals surface area contributed by atoms with E-state index in [2.05, 4.69) is 11.6 Å². The minimum Gasteiger partial charge on any atom is -0.496 e. The van der Waals surface area contributed by atoms with Crippen molar-refractivity contribution in [2.45, 2.75) is 45.9 Å². The molecule has 37 heavy (non-hydrogen) atoms. The van der Waals surface area contributed by atoms with E-state index in [4.69, 9.17) is 14.2 Å². The van der Waals surface area contributed by atoms with E-state index in [0.717, 1.165) is 12.8 Å². The molecule has 0 aliphatic heterocycles. The van der Waals surface area contributed by atoms with Crippen LogP contribution in [0.15, 0.2) is 30.8 Å². The molecule has 1 atom stereocenters. The monoisotopic (exact) mass is 510 g/mol. The first kappa shape index (κ1) is 27.4. The minimum absolute atomic E-state index is 0.0107. The topological polar surface area (TPSA) is 132 Å². The number of carboxylic acids is 1. The zero-order chi connectivity index (χ0) is 27.4. The predicted molar refractivity (Wildman–Crippen MR) is 134 cm³/mol. The van der Waals surface area contributed by atoms with Crippen LogP contribution in [-0.4, -0.2) is 65.3 Å². The maximum atomic E-state index is 13.3. The van der Waals surface area contributed by atoms with Gasteiger partial charge in [-0.3, -0.25) is 9.59 Å². The van der Waals surface area contributed by atoms with Gasteiger partial charge >= 0.3 is 17.9 Å². The molecule has 0 radical (unpaired) electrons. The SMILES string of the molecule is C=Cc1cc(C(=O)O)c(-c2ccc(C(=O)N(C)C3CC3)nc2C(=O)OC(C)OC(=O)C(C)C)cc1OC. The molecule has 1 aromatic heterocycles. The summed E-state index contributed by atoms with van der Waals surface area (Å²) in [5, 5.41) is 9.89. The number of pyridine rings is 1. The first-order chi connectivity index (χ1) is 17.5. The molecule has 0 bridgehead atoms. The van der Waals surface area contributed by atoms with Gasteiger partial charge < -0.3 is 24.2 Å². The number of rotatable bonds is 10. The van der Waals surface area contributed by atoms with Gasteiger partial charge in [0.1, 0.15) is 11.4 Å². The summed E-state index contributed by atoms with van der Waals surface area (Å²) < 4.78 is 15.8. The smallest absolute Gasteiger partial charge is 0.360 e. The molecule has 2 aromatic rings. The average Bonchev–Trinajstić information content (AvgIpc) is 3.71. The molecule has 1 N–H and O–H groups in total. The van der Waals surface area contributed by atoms with Gasteiger partial charge in [-0.15, -0.1) is 0 Å². The summed E-state index contributed by atoms with van der Waals surface area (Å²) in [5.74, 6) is -3.33. The fraction of sp³-hybridized carbons (Fsp3) is 0.370. The molecule has 1 aromatic carbocycles. The lowest BCUT2D eigenvalue weighted by Gasteiger charge is -2.19. The Balaban J connectivity index is 2.13. The van der Waals surface area contributed by atoms with E-state index in [1.165, 1.54) is 44.4 Å². The summed E-state index contributed by atoms with van der Waals surface area (Å²) >= 11 is 0. The first-order valence-electron chi connectivity index (χ1n) is 11.8. The molecule has 1 aliphatic rings. The van der Waals surface area contributed by atoms with Crippen LogP contribution in [0, 0.1) is 5.92 Å². The molecule has 1 heterocycles. The van der Waals surface area contributed by atoms with Crippen molar-refractivity contribution in [1.29, 1.82) is 0 Å². The number of aromatic carboxylic acids is 1. The quantitative estimate of drug-likeness (QED) is 0.371. The Hall–Kier alpha value is -4.21. The number of nitrogens with zero attached hydrogens (tertiary/aromatic N) is 2. The maximum Gasteiger partial charge on any atom is 0.360 e. The number of carbonyl (C=O) groups is 4. The van der Waals surface area contributed by atoms with Crippen LogP contribution in [0.5, 0.6) is 5.75 Å². The van der Waals surface area contributed by atoms with E-state index >= 15 is 0 Å². The van der Waals surface area contributed by atoms with E-state index < -0.39 is 30.1 Å². The van der Waals surface area contributed by atoms with Crippen LogP contribution in [0.4, 0.5) is 0 Å². The van der Waals surface area contributed by atoms with Crippen LogP contribution in [0.25, 0.3) is 17.2 Å². The zero-order valence-electron chi connectivity index (χ0n) is 21.4. The van der Waals surface area contributed by atoms with Gasteiger partial charge in [-0.05, 0) is 37.1 Å². The lowest BCUT2D eigenvalue weighted by molar-refractivity contribution is -0.169. The number of ether oxygens (including phenoxy) is 3. The summed E-state index contributed by atoms with van der Waals surface area (Å²) in [6.07, 6.45) is 1.96. The van der Waals surface area contributed by atoms with Crippen LogP contribution < -0.4 is 4.74 Å². The molecule has 1 unspecified atom stereocenters. The van der Waals surface area contributed by atoms with Crippen LogP contribution in [0.1, 0.15) is 70.5 Å². The largest absolute Gasteiger partial charge is 0.496 e. The van der Waals surface area contributed by atoms with Gasteiger partial charge in [0.2, 0.25) is 6.29 Å². The Morgan fingerprint density at radius 2 is 1.78 bits per heavy atom. The number of aromatic nitrogens is 1. The fourth-order valence-corrected chi connectivity index (χ4v) is 3.62. The van der Waals surface area contributed by atoms with E-state index in [9.17, 15) is 24.3 Å². The molecular weight excluding hydrogens is 480 g/mol. The van der Waals surface area contributed by atoms with Crippen molar-refractivity contribution < 1.29 is 38.5 Å².